The molecule has 2 N–H and O–H groups in total. The molecule has 0 radical (unpaired) electrons. The maximum Gasteiger partial charge on any atom is 0.161 e. The van der Waals surface area contributed by atoms with Crippen molar-refractivity contribution >= 4 is 0 Å². The third kappa shape index (κ3) is 1.67. The summed E-state index contributed by atoms with van der Waals surface area (Å²) >= 11 is 0. The number of methoxy groups -OCH3 is 1. The van der Waals surface area contributed by atoms with Crippen LogP contribution in [0, 0.1) is 0 Å². The first-order chi connectivity index (χ1) is 7.13. The normalized spacial score (nSPS) is 24.7. The maximum atomic E-state index is 9.69. The van der Waals surface area contributed by atoms with Gasteiger partial charge in [0.2, 0.25) is 0 Å². The molecule has 2 atom stereocenters. The first-order valence-electron chi connectivity index (χ1n) is 5.35. The summed E-state index contributed by atoms with van der Waals surface area (Å²) < 4.78 is 5.14. The van der Waals surface area contributed by atoms with Gasteiger partial charge in [-0.3, -0.25) is 0 Å². The second kappa shape index (κ2) is 3.74. The molecule has 0 aliphatic carbocycles. The Bertz CT molecular complexity index is 376. The van der Waals surface area contributed by atoms with E-state index in [0.29, 0.717) is 11.8 Å². The number of aromatic hydroxyl groups is 1. The molecule has 15 heavy (non-hydrogen) atoms. The fourth-order valence-electron chi connectivity index (χ4n) is 2.22. The van der Waals surface area contributed by atoms with Gasteiger partial charge in [0.15, 0.2) is 11.5 Å². The van der Waals surface area contributed by atoms with Crippen LogP contribution in [0.2, 0.25) is 0 Å². The molecule has 0 amide bonds. The van der Waals surface area contributed by atoms with Crippen molar-refractivity contribution in [3.05, 3.63) is 23.3 Å². The minimum atomic E-state index is 0.253. The summed E-state index contributed by atoms with van der Waals surface area (Å²) in [4.78, 5) is 1.51. The second-order valence-corrected chi connectivity index (χ2v) is 4.29. The van der Waals surface area contributed by atoms with Crippen molar-refractivity contribution in [3.63, 3.8) is 0 Å². The van der Waals surface area contributed by atoms with Gasteiger partial charge < -0.3 is 14.7 Å². The molecule has 0 saturated carbocycles. The van der Waals surface area contributed by atoms with Gasteiger partial charge in [-0.25, -0.2) is 0 Å². The zero-order valence-electron chi connectivity index (χ0n) is 9.50. The Hall–Kier alpha value is -1.22. The van der Waals surface area contributed by atoms with Crippen molar-refractivity contribution in [1.82, 2.24) is 0 Å². The number of phenols is 1. The highest BCUT2D eigenvalue weighted by Gasteiger charge is 2.25. The molecule has 0 saturated heterocycles. The smallest absolute Gasteiger partial charge is 0.161 e. The van der Waals surface area contributed by atoms with E-state index in [2.05, 4.69) is 14.0 Å². The van der Waals surface area contributed by atoms with Crippen LogP contribution in [0.15, 0.2) is 12.1 Å². The molecule has 1 aromatic carbocycles. The highest BCUT2D eigenvalue weighted by molar-refractivity contribution is 5.47. The van der Waals surface area contributed by atoms with Crippen molar-refractivity contribution in [3.8, 4) is 11.5 Å². The van der Waals surface area contributed by atoms with Crippen LogP contribution in [0.1, 0.15) is 24.1 Å². The Morgan fingerprint density at radius 2 is 2.20 bits per heavy atom. The number of quaternary nitrogens is 1. The number of likely N-dealkylation sites (N-methyl/N-ethyl adjacent to an activating group) is 1. The van der Waals surface area contributed by atoms with Crippen LogP contribution in [0.3, 0.4) is 0 Å². The third-order valence-electron chi connectivity index (χ3n) is 3.44. The minimum Gasteiger partial charge on any atom is -0.504 e. The summed E-state index contributed by atoms with van der Waals surface area (Å²) in [6.45, 7) is 3.34. The highest BCUT2D eigenvalue weighted by Crippen LogP contribution is 2.32. The molecule has 3 heteroatoms. The van der Waals surface area contributed by atoms with Crippen LogP contribution in [0.5, 0.6) is 11.5 Å². The molecule has 0 spiro atoms. The summed E-state index contributed by atoms with van der Waals surface area (Å²) in [6.07, 6.45) is 1.03. The highest BCUT2D eigenvalue weighted by atomic mass is 16.5. The minimum absolute atomic E-state index is 0.253. The van der Waals surface area contributed by atoms with Crippen molar-refractivity contribution < 1.29 is 14.7 Å². The molecule has 1 aromatic rings. The van der Waals surface area contributed by atoms with Crippen LogP contribution in [-0.4, -0.2) is 25.8 Å². The molecule has 0 aromatic heterocycles. The van der Waals surface area contributed by atoms with E-state index in [1.165, 1.54) is 16.0 Å². The van der Waals surface area contributed by atoms with E-state index in [1.54, 1.807) is 7.11 Å². The first-order valence-corrected chi connectivity index (χ1v) is 5.35. The van der Waals surface area contributed by atoms with E-state index in [0.717, 1.165) is 13.0 Å². The largest absolute Gasteiger partial charge is 0.504 e. The summed E-state index contributed by atoms with van der Waals surface area (Å²) in [7, 11) is 3.79. The number of hydrogen-bond donors (Lipinski definition) is 2. The van der Waals surface area contributed by atoms with Crippen molar-refractivity contribution in [2.24, 2.45) is 0 Å². The van der Waals surface area contributed by atoms with Crippen molar-refractivity contribution in [1.29, 1.82) is 0 Å². The number of nitrogens with one attached hydrogen (secondary N) is 1. The van der Waals surface area contributed by atoms with Crippen molar-refractivity contribution in [2.45, 2.75) is 19.4 Å². The van der Waals surface area contributed by atoms with E-state index in [-0.39, 0.29) is 5.75 Å². The third-order valence-corrected chi connectivity index (χ3v) is 3.44. The van der Waals surface area contributed by atoms with E-state index in [1.807, 2.05) is 12.1 Å². The van der Waals surface area contributed by atoms with Gasteiger partial charge in [0.1, 0.15) is 6.04 Å². The predicted molar refractivity (Wildman–Crippen MR) is 58.5 cm³/mol. The van der Waals surface area contributed by atoms with Gasteiger partial charge >= 0.3 is 0 Å². The van der Waals surface area contributed by atoms with E-state index < -0.39 is 0 Å². The zero-order valence-corrected chi connectivity index (χ0v) is 9.50. The van der Waals surface area contributed by atoms with E-state index in [9.17, 15) is 5.11 Å². The van der Waals surface area contributed by atoms with Gasteiger partial charge in [0.05, 0.1) is 20.7 Å². The molecule has 3 nitrogen and oxygen atoms in total. The number of rotatable bonds is 1. The summed E-state index contributed by atoms with van der Waals surface area (Å²) in [6, 6.07) is 4.29. The number of benzene rings is 1. The SMILES string of the molecule is COc1cc2c(cc1O)CC[NH+](C)[C@H]2C. The molecule has 1 heterocycles. The average Bonchev–Trinajstić information content (AvgIpc) is 2.23. The molecule has 1 aliphatic rings. The van der Waals surface area contributed by atoms with Crippen LogP contribution < -0.4 is 9.64 Å². The summed E-state index contributed by atoms with van der Waals surface area (Å²) in [5.41, 5.74) is 2.56. The molecule has 2 rings (SSSR count). The lowest BCUT2D eigenvalue weighted by molar-refractivity contribution is -0.912. The number of phenolic OH excluding ortho intramolecular Hbond substituents is 1. The number of hydrogen-bond acceptors (Lipinski definition) is 2. The van der Waals surface area contributed by atoms with Gasteiger partial charge in [-0.1, -0.05) is 0 Å². The molecule has 82 valence electrons. The van der Waals surface area contributed by atoms with Gasteiger partial charge in [-0.15, -0.1) is 0 Å². The monoisotopic (exact) mass is 208 g/mol. The van der Waals surface area contributed by atoms with Crippen LogP contribution in [0.25, 0.3) is 0 Å². The van der Waals surface area contributed by atoms with Gasteiger partial charge in [-0.2, -0.15) is 0 Å². The quantitative estimate of drug-likeness (QED) is 0.706. The Balaban J connectivity index is 2.48. The maximum absolute atomic E-state index is 9.69. The molecular weight excluding hydrogens is 190 g/mol. The Morgan fingerprint density at radius 1 is 1.47 bits per heavy atom. The molecule has 1 aliphatic heterocycles. The van der Waals surface area contributed by atoms with E-state index in [4.69, 9.17) is 4.74 Å². The zero-order chi connectivity index (χ0) is 11.0. The molecular formula is C12H18NO2+. The lowest BCUT2D eigenvalue weighted by Crippen LogP contribution is -3.10. The average molecular weight is 208 g/mol. The van der Waals surface area contributed by atoms with Crippen molar-refractivity contribution in [2.75, 3.05) is 20.7 Å². The second-order valence-electron chi connectivity index (χ2n) is 4.29. The van der Waals surface area contributed by atoms with Gasteiger partial charge in [0.25, 0.3) is 0 Å². The molecule has 0 bridgehead atoms. The Labute approximate surface area is 90.3 Å². The predicted octanol–water partition coefficient (Wildman–Crippen LogP) is 0.533. The topological polar surface area (TPSA) is 33.9 Å². The standard InChI is InChI=1S/C12H17NO2/c1-8-10-7-12(15-3)11(14)6-9(10)4-5-13(8)2/h6-8,14H,4-5H2,1-3H3/p+1/t8-/m0/s1. The summed E-state index contributed by atoms with van der Waals surface area (Å²) in [5, 5.41) is 9.69. The summed E-state index contributed by atoms with van der Waals surface area (Å²) in [5.74, 6) is 0.832. The lowest BCUT2D eigenvalue weighted by Gasteiger charge is -2.29. The molecule has 0 fully saturated rings. The van der Waals surface area contributed by atoms with Gasteiger partial charge in [0, 0.05) is 12.0 Å². The Kier molecular flexibility index (Phi) is 2.57. The Morgan fingerprint density at radius 3 is 2.87 bits per heavy atom. The number of fused-ring (bicyclic) bond motifs is 1. The van der Waals surface area contributed by atoms with Crippen LogP contribution in [-0.2, 0) is 6.42 Å². The van der Waals surface area contributed by atoms with Crippen LogP contribution >= 0.6 is 0 Å². The van der Waals surface area contributed by atoms with E-state index >= 15 is 0 Å². The fourth-order valence-corrected chi connectivity index (χ4v) is 2.22. The van der Waals surface area contributed by atoms with Gasteiger partial charge in [-0.05, 0) is 24.6 Å². The van der Waals surface area contributed by atoms with Crippen LogP contribution in [0.4, 0.5) is 0 Å². The lowest BCUT2D eigenvalue weighted by atomic mass is 9.93. The number of ether oxygens (including phenoxy) is 1. The first kappa shape index (κ1) is 10.3. The molecule has 1 unspecified atom stereocenters. The fraction of sp³-hybridized carbons (Fsp3) is 0.500.